The zero-order chi connectivity index (χ0) is 10.6. The number of nitro groups is 1. The summed E-state index contributed by atoms with van der Waals surface area (Å²) in [5.74, 6) is 0. The summed E-state index contributed by atoms with van der Waals surface area (Å²) in [4.78, 5) is 20.0. The molecule has 0 radical (unpaired) electrons. The number of ether oxygens (including phenoxy) is 1. The summed E-state index contributed by atoms with van der Waals surface area (Å²) in [5.41, 5.74) is 1.21. The SMILES string of the molecule is Cc1c(COC=O)cccc1[N+](=O)[O-]. The first-order valence-corrected chi connectivity index (χ1v) is 3.95. The molecule has 0 saturated heterocycles. The van der Waals surface area contributed by atoms with E-state index in [2.05, 4.69) is 4.74 Å². The summed E-state index contributed by atoms with van der Waals surface area (Å²) < 4.78 is 4.53. The van der Waals surface area contributed by atoms with Gasteiger partial charge in [-0.1, -0.05) is 12.1 Å². The van der Waals surface area contributed by atoms with E-state index in [0.29, 0.717) is 17.6 Å². The Hall–Kier alpha value is -1.91. The molecule has 1 aromatic rings. The van der Waals surface area contributed by atoms with Crippen LogP contribution in [-0.4, -0.2) is 11.4 Å². The molecule has 0 aliphatic carbocycles. The van der Waals surface area contributed by atoms with Crippen LogP contribution in [-0.2, 0) is 16.1 Å². The van der Waals surface area contributed by atoms with E-state index in [0.717, 1.165) is 0 Å². The fourth-order valence-corrected chi connectivity index (χ4v) is 1.15. The molecule has 0 N–H and O–H groups in total. The first kappa shape index (κ1) is 10.2. The van der Waals surface area contributed by atoms with Crippen molar-refractivity contribution in [2.45, 2.75) is 13.5 Å². The Bertz CT molecular complexity index is 362. The van der Waals surface area contributed by atoms with Crippen LogP contribution in [0.4, 0.5) is 5.69 Å². The lowest BCUT2D eigenvalue weighted by atomic mass is 10.1. The molecule has 0 fully saturated rings. The highest BCUT2D eigenvalue weighted by molar-refractivity contribution is 5.45. The standard InChI is InChI=1S/C9H9NO4/c1-7-8(5-14-6-11)3-2-4-9(7)10(12)13/h2-4,6H,5H2,1H3. The van der Waals surface area contributed by atoms with Gasteiger partial charge in [0, 0.05) is 11.6 Å². The molecule has 0 unspecified atom stereocenters. The Morgan fingerprint density at radius 1 is 1.57 bits per heavy atom. The van der Waals surface area contributed by atoms with Gasteiger partial charge in [0.1, 0.15) is 6.61 Å². The van der Waals surface area contributed by atoms with Gasteiger partial charge in [-0.25, -0.2) is 0 Å². The van der Waals surface area contributed by atoms with Gasteiger partial charge >= 0.3 is 0 Å². The molecule has 5 heteroatoms. The molecular formula is C9H9NO4. The second kappa shape index (κ2) is 4.36. The van der Waals surface area contributed by atoms with Crippen molar-refractivity contribution in [1.29, 1.82) is 0 Å². The summed E-state index contributed by atoms with van der Waals surface area (Å²) in [7, 11) is 0. The minimum absolute atomic E-state index is 0.0389. The molecule has 0 spiro atoms. The third kappa shape index (κ3) is 2.07. The average molecular weight is 195 g/mol. The molecule has 0 saturated carbocycles. The Kier molecular flexibility index (Phi) is 3.17. The van der Waals surface area contributed by atoms with Gasteiger partial charge in [0.15, 0.2) is 0 Å². The second-order valence-electron chi connectivity index (χ2n) is 2.73. The van der Waals surface area contributed by atoms with Crippen LogP contribution in [0.25, 0.3) is 0 Å². The molecule has 0 aliphatic heterocycles. The van der Waals surface area contributed by atoms with Crippen molar-refractivity contribution in [3.8, 4) is 0 Å². The molecular weight excluding hydrogens is 186 g/mol. The van der Waals surface area contributed by atoms with Crippen LogP contribution in [0.3, 0.4) is 0 Å². The number of nitrogens with zero attached hydrogens (tertiary/aromatic N) is 1. The first-order chi connectivity index (χ1) is 6.66. The van der Waals surface area contributed by atoms with E-state index < -0.39 is 4.92 Å². The van der Waals surface area contributed by atoms with Gasteiger partial charge in [-0.2, -0.15) is 0 Å². The molecule has 0 bridgehead atoms. The van der Waals surface area contributed by atoms with Crippen LogP contribution in [0.2, 0.25) is 0 Å². The van der Waals surface area contributed by atoms with Crippen molar-refractivity contribution in [2.75, 3.05) is 0 Å². The van der Waals surface area contributed by atoms with Crippen molar-refractivity contribution in [2.24, 2.45) is 0 Å². The number of hydrogen-bond donors (Lipinski definition) is 0. The van der Waals surface area contributed by atoms with Crippen LogP contribution < -0.4 is 0 Å². The highest BCUT2D eigenvalue weighted by Gasteiger charge is 2.12. The largest absolute Gasteiger partial charge is 0.463 e. The zero-order valence-corrected chi connectivity index (χ0v) is 7.60. The van der Waals surface area contributed by atoms with Crippen molar-refractivity contribution in [3.63, 3.8) is 0 Å². The molecule has 0 aliphatic rings. The van der Waals surface area contributed by atoms with Gasteiger partial charge in [0.25, 0.3) is 12.2 Å². The summed E-state index contributed by atoms with van der Waals surface area (Å²) in [5, 5.41) is 10.5. The normalized spacial score (nSPS) is 9.50. The summed E-state index contributed by atoms with van der Waals surface area (Å²) in [6.45, 7) is 2.01. The summed E-state index contributed by atoms with van der Waals surface area (Å²) in [6, 6.07) is 4.67. The maximum Gasteiger partial charge on any atom is 0.293 e. The van der Waals surface area contributed by atoms with E-state index >= 15 is 0 Å². The Morgan fingerprint density at radius 2 is 2.29 bits per heavy atom. The maximum absolute atomic E-state index is 10.5. The van der Waals surface area contributed by atoms with Crippen LogP contribution in [0.15, 0.2) is 18.2 Å². The lowest BCUT2D eigenvalue weighted by molar-refractivity contribution is -0.385. The van der Waals surface area contributed by atoms with E-state index in [4.69, 9.17) is 0 Å². The lowest BCUT2D eigenvalue weighted by Gasteiger charge is -2.04. The number of rotatable bonds is 4. The number of benzene rings is 1. The Labute approximate surface area is 80.5 Å². The highest BCUT2D eigenvalue weighted by Crippen LogP contribution is 2.21. The average Bonchev–Trinajstić information content (AvgIpc) is 2.16. The van der Waals surface area contributed by atoms with E-state index in [1.165, 1.54) is 6.07 Å². The smallest absolute Gasteiger partial charge is 0.293 e. The van der Waals surface area contributed by atoms with Gasteiger partial charge in [0.2, 0.25) is 0 Å². The first-order valence-electron chi connectivity index (χ1n) is 3.95. The Balaban J connectivity index is 3.01. The highest BCUT2D eigenvalue weighted by atomic mass is 16.6. The third-order valence-electron chi connectivity index (χ3n) is 1.92. The van der Waals surface area contributed by atoms with E-state index in [9.17, 15) is 14.9 Å². The number of carbonyl (C=O) groups is 1. The van der Waals surface area contributed by atoms with Crippen LogP contribution >= 0.6 is 0 Å². The molecule has 0 heterocycles. The minimum Gasteiger partial charge on any atom is -0.463 e. The molecule has 74 valence electrons. The van der Waals surface area contributed by atoms with Gasteiger partial charge in [-0.15, -0.1) is 0 Å². The van der Waals surface area contributed by atoms with E-state index in [-0.39, 0.29) is 12.3 Å². The molecule has 1 rings (SSSR count). The van der Waals surface area contributed by atoms with E-state index in [1.54, 1.807) is 19.1 Å². The van der Waals surface area contributed by atoms with Gasteiger partial charge < -0.3 is 4.74 Å². The number of hydrogen-bond acceptors (Lipinski definition) is 4. The summed E-state index contributed by atoms with van der Waals surface area (Å²) >= 11 is 0. The van der Waals surface area contributed by atoms with Crippen molar-refractivity contribution >= 4 is 12.2 Å². The fraction of sp³-hybridized carbons (Fsp3) is 0.222. The van der Waals surface area contributed by atoms with Crippen molar-refractivity contribution in [1.82, 2.24) is 0 Å². The molecule has 1 aromatic carbocycles. The predicted octanol–water partition coefficient (Wildman–Crippen LogP) is 1.58. The van der Waals surface area contributed by atoms with Gasteiger partial charge in [0.05, 0.1) is 4.92 Å². The predicted molar refractivity (Wildman–Crippen MR) is 48.7 cm³/mol. The number of carbonyl (C=O) groups excluding carboxylic acids is 1. The van der Waals surface area contributed by atoms with Crippen LogP contribution in [0, 0.1) is 17.0 Å². The second-order valence-corrected chi connectivity index (χ2v) is 2.73. The monoisotopic (exact) mass is 195 g/mol. The maximum atomic E-state index is 10.5. The zero-order valence-electron chi connectivity index (χ0n) is 7.60. The fourth-order valence-electron chi connectivity index (χ4n) is 1.15. The van der Waals surface area contributed by atoms with Crippen molar-refractivity contribution < 1.29 is 14.5 Å². The summed E-state index contributed by atoms with van der Waals surface area (Å²) in [6.07, 6.45) is 0. The van der Waals surface area contributed by atoms with E-state index in [1.807, 2.05) is 0 Å². The molecule has 14 heavy (non-hydrogen) atoms. The third-order valence-corrected chi connectivity index (χ3v) is 1.92. The minimum atomic E-state index is -0.459. The van der Waals surface area contributed by atoms with Crippen LogP contribution in [0.5, 0.6) is 0 Å². The molecule has 0 atom stereocenters. The molecule has 0 amide bonds. The lowest BCUT2D eigenvalue weighted by Crippen LogP contribution is -1.98. The topological polar surface area (TPSA) is 69.4 Å². The quantitative estimate of drug-likeness (QED) is 0.415. The number of nitro benzene ring substituents is 1. The molecule has 5 nitrogen and oxygen atoms in total. The molecule has 0 aromatic heterocycles. The van der Waals surface area contributed by atoms with Gasteiger partial charge in [-0.3, -0.25) is 14.9 Å². The van der Waals surface area contributed by atoms with Crippen LogP contribution in [0.1, 0.15) is 11.1 Å². The Morgan fingerprint density at radius 3 is 2.86 bits per heavy atom. The van der Waals surface area contributed by atoms with Gasteiger partial charge in [-0.05, 0) is 12.5 Å². The van der Waals surface area contributed by atoms with Crippen molar-refractivity contribution in [3.05, 3.63) is 39.4 Å².